The molecule has 24 heavy (non-hydrogen) atoms. The molecule has 124 valence electrons. The molecule has 2 aromatic rings. The van der Waals surface area contributed by atoms with E-state index in [9.17, 15) is 9.59 Å². The quantitative estimate of drug-likeness (QED) is 0.237. The van der Waals surface area contributed by atoms with Gasteiger partial charge in [0.05, 0.1) is 67.8 Å². The van der Waals surface area contributed by atoms with Crippen LogP contribution < -0.4 is 45.9 Å². The minimum Gasteiger partial charge on any atom is -0.396 e. The molecule has 0 spiro atoms. The highest BCUT2D eigenvalue weighted by molar-refractivity contribution is 6.37. The first kappa shape index (κ1) is 15.1. The Morgan fingerprint density at radius 2 is 0.500 bits per heavy atom. The molecule has 2 aromatic carbocycles. The Balaban J connectivity index is 2.53. The molecule has 0 amide bonds. The fourth-order valence-corrected chi connectivity index (χ4v) is 2.85. The van der Waals surface area contributed by atoms with Crippen LogP contribution in [0.25, 0.3) is 0 Å². The fraction of sp³-hybridized carbons (Fsp3) is 0. The molecular weight excluding hydrogens is 312 g/mol. The van der Waals surface area contributed by atoms with Crippen molar-refractivity contribution in [3.8, 4) is 0 Å². The van der Waals surface area contributed by atoms with Crippen LogP contribution in [0.1, 0.15) is 31.8 Å². The van der Waals surface area contributed by atoms with E-state index in [1.807, 2.05) is 0 Å². The van der Waals surface area contributed by atoms with Gasteiger partial charge in [0, 0.05) is 0 Å². The van der Waals surface area contributed by atoms with Gasteiger partial charge in [-0.3, -0.25) is 9.59 Å². The summed E-state index contributed by atoms with van der Waals surface area (Å²) in [6.07, 6.45) is 0. The second-order valence-electron chi connectivity index (χ2n) is 5.47. The highest BCUT2D eigenvalue weighted by Gasteiger charge is 2.39. The van der Waals surface area contributed by atoms with Crippen molar-refractivity contribution in [3.63, 3.8) is 0 Å². The van der Waals surface area contributed by atoms with Gasteiger partial charge < -0.3 is 45.9 Å². The largest absolute Gasteiger partial charge is 0.396 e. The van der Waals surface area contributed by atoms with E-state index in [2.05, 4.69) is 0 Å². The second kappa shape index (κ2) is 4.35. The molecular formula is C14H16N8O2. The average Bonchev–Trinajstić information content (AvgIpc) is 2.55. The van der Waals surface area contributed by atoms with Gasteiger partial charge in [-0.25, -0.2) is 0 Å². The maximum Gasteiger partial charge on any atom is 0.198 e. The molecule has 1 aliphatic carbocycles. The molecule has 0 saturated carbocycles. The van der Waals surface area contributed by atoms with Crippen LogP contribution in [0, 0.1) is 0 Å². The van der Waals surface area contributed by atoms with Crippen molar-refractivity contribution in [2.24, 2.45) is 0 Å². The van der Waals surface area contributed by atoms with Gasteiger partial charge in [0.2, 0.25) is 0 Å². The Kier molecular flexibility index (Phi) is 2.73. The van der Waals surface area contributed by atoms with E-state index in [0.717, 1.165) is 0 Å². The number of carbonyl (C=O) groups excluding carboxylic acids is 2. The van der Waals surface area contributed by atoms with Crippen LogP contribution in [0.15, 0.2) is 0 Å². The van der Waals surface area contributed by atoms with E-state index in [1.54, 1.807) is 0 Å². The fourth-order valence-electron chi connectivity index (χ4n) is 2.85. The molecule has 3 rings (SSSR count). The number of ketones is 2. The van der Waals surface area contributed by atoms with E-state index in [1.165, 1.54) is 0 Å². The molecule has 0 atom stereocenters. The summed E-state index contributed by atoms with van der Waals surface area (Å²) in [5.41, 5.74) is 44.9. The van der Waals surface area contributed by atoms with Crippen LogP contribution in [-0.2, 0) is 0 Å². The number of nitrogens with two attached hydrogens (primary N) is 8. The summed E-state index contributed by atoms with van der Waals surface area (Å²) in [7, 11) is 0. The number of benzene rings is 2. The number of nitrogen functional groups attached to an aromatic ring is 8. The summed E-state index contributed by atoms with van der Waals surface area (Å²) in [5.74, 6) is -1.35. The van der Waals surface area contributed by atoms with Crippen molar-refractivity contribution >= 4 is 57.1 Å². The number of anilines is 8. The van der Waals surface area contributed by atoms with Crippen LogP contribution in [-0.4, -0.2) is 11.6 Å². The molecule has 16 N–H and O–H groups in total. The van der Waals surface area contributed by atoms with Crippen LogP contribution in [0.2, 0.25) is 0 Å². The summed E-state index contributed by atoms with van der Waals surface area (Å²) in [6.45, 7) is 0. The molecule has 0 aromatic heterocycles. The van der Waals surface area contributed by atoms with Crippen molar-refractivity contribution in [1.82, 2.24) is 0 Å². The summed E-state index contributed by atoms with van der Waals surface area (Å²) in [6, 6.07) is 0. The van der Waals surface area contributed by atoms with E-state index in [4.69, 9.17) is 45.9 Å². The third-order valence-electron chi connectivity index (χ3n) is 4.23. The Bertz CT molecular complexity index is 827. The van der Waals surface area contributed by atoms with Gasteiger partial charge in [0.15, 0.2) is 11.6 Å². The average molecular weight is 328 g/mol. The Hall–Kier alpha value is -3.82. The van der Waals surface area contributed by atoms with E-state index in [-0.39, 0.29) is 67.8 Å². The first-order valence-electron chi connectivity index (χ1n) is 6.72. The minimum absolute atomic E-state index is 0.0918. The van der Waals surface area contributed by atoms with Crippen molar-refractivity contribution in [1.29, 1.82) is 0 Å². The smallest absolute Gasteiger partial charge is 0.198 e. The Morgan fingerprint density at radius 1 is 0.333 bits per heavy atom. The van der Waals surface area contributed by atoms with E-state index < -0.39 is 11.6 Å². The topological polar surface area (TPSA) is 242 Å². The van der Waals surface area contributed by atoms with Crippen molar-refractivity contribution in [2.45, 2.75) is 0 Å². The lowest BCUT2D eigenvalue weighted by Crippen LogP contribution is -2.28. The van der Waals surface area contributed by atoms with Gasteiger partial charge in [-0.15, -0.1) is 0 Å². The number of hydrogen-bond acceptors (Lipinski definition) is 10. The predicted molar refractivity (Wildman–Crippen MR) is 95.0 cm³/mol. The van der Waals surface area contributed by atoms with Gasteiger partial charge in [0.25, 0.3) is 0 Å². The lowest BCUT2D eigenvalue weighted by molar-refractivity contribution is 0.0981. The number of fused-ring (bicyclic) bond motifs is 2. The van der Waals surface area contributed by atoms with Gasteiger partial charge >= 0.3 is 0 Å². The second-order valence-corrected chi connectivity index (χ2v) is 5.47. The van der Waals surface area contributed by atoms with Gasteiger partial charge in [-0.1, -0.05) is 0 Å². The Labute approximate surface area is 135 Å². The molecule has 0 aliphatic heterocycles. The van der Waals surface area contributed by atoms with Crippen LogP contribution in [0.3, 0.4) is 0 Å². The maximum atomic E-state index is 12.9. The van der Waals surface area contributed by atoms with Crippen molar-refractivity contribution in [3.05, 3.63) is 22.3 Å². The minimum atomic E-state index is -0.675. The molecule has 1 aliphatic rings. The van der Waals surface area contributed by atoms with Crippen LogP contribution >= 0.6 is 0 Å². The summed E-state index contributed by atoms with van der Waals surface area (Å²) in [5, 5.41) is 0. The van der Waals surface area contributed by atoms with E-state index in [0.29, 0.717) is 0 Å². The number of hydrogen-bond donors (Lipinski definition) is 8. The normalized spacial score (nSPS) is 12.8. The molecule has 0 bridgehead atoms. The highest BCUT2D eigenvalue weighted by atomic mass is 16.1. The zero-order chi connectivity index (χ0) is 18.1. The molecule has 10 nitrogen and oxygen atoms in total. The SMILES string of the molecule is Nc1c(N)c(N)c2c(c1N)C(=O)c1c(N)c(N)c(N)c(N)c1C2=O. The van der Waals surface area contributed by atoms with Crippen molar-refractivity contribution in [2.75, 3.05) is 45.9 Å². The summed E-state index contributed by atoms with van der Waals surface area (Å²) >= 11 is 0. The molecule has 0 heterocycles. The predicted octanol–water partition coefficient (Wildman–Crippen LogP) is -0.880. The summed E-state index contributed by atoms with van der Waals surface area (Å²) in [4.78, 5) is 25.8. The molecule has 0 unspecified atom stereocenters. The molecule has 0 radical (unpaired) electrons. The zero-order valence-corrected chi connectivity index (χ0v) is 12.4. The van der Waals surface area contributed by atoms with Gasteiger partial charge in [-0.05, 0) is 0 Å². The molecule has 0 fully saturated rings. The Morgan fingerprint density at radius 3 is 0.667 bits per heavy atom. The van der Waals surface area contributed by atoms with E-state index >= 15 is 0 Å². The maximum absolute atomic E-state index is 12.9. The molecule has 10 heteroatoms. The number of rotatable bonds is 0. The number of carbonyl (C=O) groups is 2. The molecule has 0 saturated heterocycles. The lowest BCUT2D eigenvalue weighted by Gasteiger charge is -2.26. The third kappa shape index (κ3) is 1.48. The first-order chi connectivity index (χ1) is 11.1. The standard InChI is InChI=1S/C14H16N8O2/c15-5-1-2(6(16)10(20)9(5)19)14(24)4-3(13(1)23)7(17)11(21)12(22)8(4)18/h15-22H2. The van der Waals surface area contributed by atoms with Gasteiger partial charge in [0.1, 0.15) is 0 Å². The first-order valence-corrected chi connectivity index (χ1v) is 6.72. The summed E-state index contributed by atoms with van der Waals surface area (Å²) < 4.78 is 0. The zero-order valence-electron chi connectivity index (χ0n) is 12.4. The lowest BCUT2D eigenvalue weighted by atomic mass is 9.79. The highest BCUT2D eigenvalue weighted by Crippen LogP contribution is 2.47. The van der Waals surface area contributed by atoms with Crippen LogP contribution in [0.5, 0.6) is 0 Å². The third-order valence-corrected chi connectivity index (χ3v) is 4.23. The monoisotopic (exact) mass is 328 g/mol. The van der Waals surface area contributed by atoms with Gasteiger partial charge in [-0.2, -0.15) is 0 Å². The van der Waals surface area contributed by atoms with Crippen LogP contribution in [0.4, 0.5) is 45.5 Å². The van der Waals surface area contributed by atoms with Crippen molar-refractivity contribution < 1.29 is 9.59 Å².